The van der Waals surface area contributed by atoms with E-state index in [4.69, 9.17) is 5.26 Å². The average molecular weight is 341 g/mol. The Morgan fingerprint density at radius 2 is 1.90 bits per heavy atom. The molecule has 0 radical (unpaired) electrons. The van der Waals surface area contributed by atoms with Gasteiger partial charge in [-0.05, 0) is 65.4 Å². The molecule has 1 N–H and O–H groups in total. The number of hydrogen-bond acceptors (Lipinski definition) is 2. The fraction of sp³-hybridized carbons (Fsp3) is 0.278. The summed E-state index contributed by atoms with van der Waals surface area (Å²) in [7, 11) is 0. The molecule has 21 heavy (non-hydrogen) atoms. The minimum absolute atomic E-state index is 0.342. The first-order chi connectivity index (χ1) is 10.2. The first-order valence-electron chi connectivity index (χ1n) is 7.20. The van der Waals surface area contributed by atoms with Crippen LogP contribution in [0.1, 0.15) is 35.6 Å². The summed E-state index contributed by atoms with van der Waals surface area (Å²) in [5.74, 6) is 0.704. The number of halogens is 1. The van der Waals surface area contributed by atoms with E-state index in [0.29, 0.717) is 17.5 Å². The van der Waals surface area contributed by atoms with Gasteiger partial charge in [0.2, 0.25) is 0 Å². The van der Waals surface area contributed by atoms with E-state index in [1.54, 1.807) is 0 Å². The Hall–Kier alpha value is -1.79. The number of nitrogens with zero attached hydrogens (tertiary/aromatic N) is 1. The second-order valence-electron chi connectivity index (χ2n) is 5.68. The van der Waals surface area contributed by atoms with E-state index in [1.165, 1.54) is 24.0 Å². The highest BCUT2D eigenvalue weighted by Crippen LogP contribution is 2.43. The average Bonchev–Trinajstić information content (AvgIpc) is 3.32. The predicted octanol–water partition coefficient (Wildman–Crippen LogP) is 5.19. The van der Waals surface area contributed by atoms with Gasteiger partial charge in [-0.2, -0.15) is 5.26 Å². The van der Waals surface area contributed by atoms with Crippen LogP contribution in [-0.4, -0.2) is 0 Å². The van der Waals surface area contributed by atoms with Gasteiger partial charge in [0.15, 0.2) is 0 Å². The molecule has 1 unspecified atom stereocenters. The zero-order chi connectivity index (χ0) is 14.8. The number of hydrogen-bond donors (Lipinski definition) is 1. The summed E-state index contributed by atoms with van der Waals surface area (Å²) >= 11 is 3.56. The van der Waals surface area contributed by atoms with Crippen molar-refractivity contribution in [3.8, 4) is 6.07 Å². The van der Waals surface area contributed by atoms with Gasteiger partial charge < -0.3 is 5.32 Å². The van der Waals surface area contributed by atoms with Gasteiger partial charge in [-0.1, -0.05) is 29.8 Å². The molecule has 2 aromatic carbocycles. The molecule has 2 aromatic rings. The lowest BCUT2D eigenvalue weighted by Crippen LogP contribution is -2.13. The lowest BCUT2D eigenvalue weighted by Gasteiger charge is -2.21. The van der Waals surface area contributed by atoms with Crippen molar-refractivity contribution in [2.45, 2.75) is 25.8 Å². The molecular formula is C18H17BrN2. The summed E-state index contributed by atoms with van der Waals surface area (Å²) < 4.78 is 0.944. The molecular weight excluding hydrogens is 324 g/mol. The molecule has 0 aromatic heterocycles. The van der Waals surface area contributed by atoms with Crippen LogP contribution in [0.3, 0.4) is 0 Å². The molecule has 0 amide bonds. The number of anilines is 1. The van der Waals surface area contributed by atoms with E-state index in [0.717, 1.165) is 10.2 Å². The van der Waals surface area contributed by atoms with Crippen molar-refractivity contribution in [1.82, 2.24) is 0 Å². The number of nitrogens with one attached hydrogen (secondary N) is 1. The molecule has 106 valence electrons. The third-order valence-corrected chi connectivity index (χ3v) is 4.60. The Morgan fingerprint density at radius 3 is 2.48 bits per heavy atom. The van der Waals surface area contributed by atoms with E-state index < -0.39 is 0 Å². The lowest BCUT2D eigenvalue weighted by atomic mass is 10.0. The Labute approximate surface area is 133 Å². The summed E-state index contributed by atoms with van der Waals surface area (Å²) in [6.45, 7) is 2.11. The van der Waals surface area contributed by atoms with Gasteiger partial charge in [-0.25, -0.2) is 0 Å². The Morgan fingerprint density at radius 1 is 1.19 bits per heavy atom. The van der Waals surface area contributed by atoms with Gasteiger partial charge in [0, 0.05) is 10.2 Å². The highest BCUT2D eigenvalue weighted by atomic mass is 79.9. The Bertz CT molecular complexity index is 681. The van der Waals surface area contributed by atoms with Gasteiger partial charge in [0.05, 0.1) is 17.7 Å². The molecule has 3 rings (SSSR count). The van der Waals surface area contributed by atoms with Crippen molar-refractivity contribution >= 4 is 21.6 Å². The number of nitriles is 1. The largest absolute Gasteiger partial charge is 0.377 e. The van der Waals surface area contributed by atoms with Crippen molar-refractivity contribution in [1.29, 1.82) is 5.26 Å². The van der Waals surface area contributed by atoms with Gasteiger partial charge in [-0.3, -0.25) is 0 Å². The van der Waals surface area contributed by atoms with Crippen molar-refractivity contribution in [3.63, 3.8) is 0 Å². The van der Waals surface area contributed by atoms with Crippen LogP contribution in [0.4, 0.5) is 5.69 Å². The van der Waals surface area contributed by atoms with Crippen LogP contribution in [0, 0.1) is 24.2 Å². The minimum Gasteiger partial charge on any atom is -0.377 e. The molecule has 1 fully saturated rings. The Kier molecular flexibility index (Phi) is 3.98. The topological polar surface area (TPSA) is 35.8 Å². The van der Waals surface area contributed by atoms with Crippen molar-refractivity contribution in [3.05, 3.63) is 63.6 Å². The quantitative estimate of drug-likeness (QED) is 0.830. The lowest BCUT2D eigenvalue weighted by molar-refractivity contribution is 0.678. The van der Waals surface area contributed by atoms with Crippen molar-refractivity contribution in [2.24, 2.45) is 5.92 Å². The third kappa shape index (κ3) is 3.28. The van der Waals surface area contributed by atoms with Crippen LogP contribution in [0.15, 0.2) is 46.9 Å². The van der Waals surface area contributed by atoms with E-state index in [9.17, 15) is 0 Å². The van der Waals surface area contributed by atoms with Crippen LogP contribution in [-0.2, 0) is 0 Å². The molecule has 0 spiro atoms. The highest BCUT2D eigenvalue weighted by Gasteiger charge is 2.32. The van der Waals surface area contributed by atoms with Gasteiger partial charge in [-0.15, -0.1) is 0 Å². The molecule has 0 heterocycles. The summed E-state index contributed by atoms with van der Waals surface area (Å²) in [5.41, 5.74) is 4.34. The summed E-state index contributed by atoms with van der Waals surface area (Å²) in [5, 5.41) is 12.6. The number of rotatable bonds is 4. The van der Waals surface area contributed by atoms with Crippen LogP contribution in [0.25, 0.3) is 0 Å². The van der Waals surface area contributed by atoms with Gasteiger partial charge in [0.1, 0.15) is 0 Å². The fourth-order valence-electron chi connectivity index (χ4n) is 2.55. The maximum absolute atomic E-state index is 8.95. The zero-order valence-electron chi connectivity index (χ0n) is 11.9. The first kappa shape index (κ1) is 14.2. The molecule has 1 saturated carbocycles. The maximum atomic E-state index is 8.95. The third-order valence-electron chi connectivity index (χ3n) is 3.94. The maximum Gasteiger partial charge on any atom is 0.0992 e. The fourth-order valence-corrected chi connectivity index (χ4v) is 3.04. The minimum atomic E-state index is 0.342. The van der Waals surface area contributed by atoms with E-state index in [-0.39, 0.29) is 0 Å². The standard InChI is InChI=1S/C18H17BrN2/c1-12-2-5-14(6-3-12)18(15-7-8-15)21-17-9-4-13(11-20)10-16(17)19/h2-6,9-10,15,18,21H,7-8H2,1H3. The van der Waals surface area contributed by atoms with Crippen molar-refractivity contribution in [2.75, 3.05) is 5.32 Å². The van der Waals surface area contributed by atoms with E-state index in [1.807, 2.05) is 18.2 Å². The molecule has 1 aliphatic carbocycles. The normalized spacial score (nSPS) is 15.3. The second-order valence-corrected chi connectivity index (χ2v) is 6.53. The predicted molar refractivity (Wildman–Crippen MR) is 89.1 cm³/mol. The number of aryl methyl sites for hydroxylation is 1. The smallest absolute Gasteiger partial charge is 0.0992 e. The molecule has 0 saturated heterocycles. The molecule has 1 aliphatic rings. The van der Waals surface area contributed by atoms with Gasteiger partial charge >= 0.3 is 0 Å². The summed E-state index contributed by atoms with van der Waals surface area (Å²) in [6, 6.07) is 17.0. The van der Waals surface area contributed by atoms with Crippen LogP contribution >= 0.6 is 15.9 Å². The van der Waals surface area contributed by atoms with E-state index >= 15 is 0 Å². The monoisotopic (exact) mass is 340 g/mol. The summed E-state index contributed by atoms with van der Waals surface area (Å²) in [6.07, 6.45) is 2.55. The van der Waals surface area contributed by atoms with E-state index in [2.05, 4.69) is 58.5 Å². The summed E-state index contributed by atoms with van der Waals surface area (Å²) in [4.78, 5) is 0. The van der Waals surface area contributed by atoms with Crippen LogP contribution in [0.5, 0.6) is 0 Å². The van der Waals surface area contributed by atoms with Crippen molar-refractivity contribution < 1.29 is 0 Å². The van der Waals surface area contributed by atoms with Crippen LogP contribution < -0.4 is 5.32 Å². The highest BCUT2D eigenvalue weighted by molar-refractivity contribution is 9.10. The molecule has 0 bridgehead atoms. The van der Waals surface area contributed by atoms with Crippen LogP contribution in [0.2, 0.25) is 0 Å². The van der Waals surface area contributed by atoms with Gasteiger partial charge in [0.25, 0.3) is 0 Å². The SMILES string of the molecule is Cc1ccc(C(Nc2ccc(C#N)cc2Br)C2CC2)cc1. The molecule has 1 atom stereocenters. The molecule has 3 heteroatoms. The molecule has 2 nitrogen and oxygen atoms in total. The zero-order valence-corrected chi connectivity index (χ0v) is 13.5. The first-order valence-corrected chi connectivity index (χ1v) is 7.99. The number of benzene rings is 2. The Balaban J connectivity index is 1.86. The second kappa shape index (κ2) is 5.91. The molecule has 0 aliphatic heterocycles.